The molecule has 156 valence electrons. The first-order chi connectivity index (χ1) is 14.7. The van der Waals surface area contributed by atoms with Crippen LogP contribution in [0.2, 0.25) is 0 Å². The molecule has 2 aliphatic rings. The number of fused-ring (bicyclic) bond motifs is 1. The van der Waals surface area contributed by atoms with E-state index in [1.54, 1.807) is 11.3 Å². The molecular weight excluding hydrogens is 396 g/mol. The van der Waals surface area contributed by atoms with Crippen molar-refractivity contribution < 1.29 is 9.53 Å². The Labute approximate surface area is 180 Å². The van der Waals surface area contributed by atoms with Crippen LogP contribution in [0.4, 0.5) is 5.69 Å². The number of rotatable bonds is 5. The van der Waals surface area contributed by atoms with E-state index in [4.69, 9.17) is 4.74 Å². The highest BCUT2D eigenvalue weighted by Crippen LogP contribution is 2.36. The van der Waals surface area contributed by atoms with Gasteiger partial charge in [-0.15, -0.1) is 11.3 Å². The van der Waals surface area contributed by atoms with Gasteiger partial charge in [-0.05, 0) is 42.3 Å². The summed E-state index contributed by atoms with van der Waals surface area (Å²) in [5, 5.41) is 6.30. The van der Waals surface area contributed by atoms with Crippen molar-refractivity contribution in [2.24, 2.45) is 5.92 Å². The van der Waals surface area contributed by atoms with Crippen LogP contribution in [0.5, 0.6) is 5.75 Å². The number of thiazole rings is 1. The molecule has 2 aromatic carbocycles. The molecule has 0 radical (unpaired) electrons. The fraction of sp³-hybridized carbons (Fsp3) is 0.391. The van der Waals surface area contributed by atoms with E-state index in [9.17, 15) is 4.79 Å². The Morgan fingerprint density at radius 3 is 2.70 bits per heavy atom. The maximum atomic E-state index is 11.6. The van der Waals surface area contributed by atoms with Gasteiger partial charge in [-0.1, -0.05) is 12.1 Å². The van der Waals surface area contributed by atoms with Gasteiger partial charge >= 0.3 is 0 Å². The molecular formula is C23H26N4O2S. The Hall–Kier alpha value is -2.64. The SMILES string of the molecule is C[C@@H](Oc1cc(-c2ccc(N3CCNCC3)cc2)cc2ncsc12)[C@H]1CNC(=O)C1. The zero-order chi connectivity index (χ0) is 20.5. The van der Waals surface area contributed by atoms with Crippen LogP contribution in [0.1, 0.15) is 13.3 Å². The summed E-state index contributed by atoms with van der Waals surface area (Å²) in [4.78, 5) is 18.5. The van der Waals surface area contributed by atoms with E-state index in [0.717, 1.165) is 53.3 Å². The standard InChI is InChI=1S/C23H26N4O2S/c1-15(18-12-22(28)25-13-18)29-21-11-17(10-20-23(21)30-14-26-20)16-2-4-19(5-3-16)27-8-6-24-7-9-27/h2-5,10-11,14-15,18,24H,6-9,12-13H2,1H3,(H,25,28)/t15-,18-/m1/s1. The van der Waals surface area contributed by atoms with Crippen molar-refractivity contribution in [2.45, 2.75) is 19.4 Å². The molecule has 7 heteroatoms. The number of carbonyl (C=O) groups is 1. The first kappa shape index (κ1) is 19.3. The van der Waals surface area contributed by atoms with E-state index in [1.165, 1.54) is 5.69 Å². The van der Waals surface area contributed by atoms with Gasteiger partial charge in [0.15, 0.2) is 0 Å². The lowest BCUT2D eigenvalue weighted by Crippen LogP contribution is -2.43. The third kappa shape index (κ3) is 3.87. The minimum Gasteiger partial charge on any atom is -0.489 e. The third-order valence-corrected chi connectivity index (χ3v) is 6.92. The van der Waals surface area contributed by atoms with Crippen molar-refractivity contribution in [2.75, 3.05) is 37.6 Å². The number of hydrogen-bond donors (Lipinski definition) is 2. The number of hydrogen-bond acceptors (Lipinski definition) is 6. The van der Waals surface area contributed by atoms with Gasteiger partial charge in [0, 0.05) is 50.7 Å². The fourth-order valence-electron chi connectivity index (χ4n) is 4.24. The van der Waals surface area contributed by atoms with Crippen LogP contribution >= 0.6 is 11.3 Å². The number of aromatic nitrogens is 1. The fourth-order valence-corrected chi connectivity index (χ4v) is 4.96. The predicted octanol–water partition coefficient (Wildman–Crippen LogP) is 3.28. The van der Waals surface area contributed by atoms with Crippen LogP contribution in [0, 0.1) is 5.92 Å². The highest BCUT2D eigenvalue weighted by atomic mass is 32.1. The second-order valence-corrected chi connectivity index (χ2v) is 8.90. The molecule has 0 unspecified atom stereocenters. The molecule has 0 saturated carbocycles. The minimum atomic E-state index is -0.0420. The number of amides is 1. The van der Waals surface area contributed by atoms with Crippen molar-refractivity contribution in [1.29, 1.82) is 0 Å². The number of piperazine rings is 1. The summed E-state index contributed by atoms with van der Waals surface area (Å²) in [7, 11) is 0. The lowest BCUT2D eigenvalue weighted by Gasteiger charge is -2.29. The number of carbonyl (C=O) groups excluding carboxylic acids is 1. The number of nitrogens with one attached hydrogen (secondary N) is 2. The second-order valence-electron chi connectivity index (χ2n) is 8.05. The van der Waals surface area contributed by atoms with E-state index in [1.807, 2.05) is 12.4 Å². The van der Waals surface area contributed by atoms with Crippen LogP contribution in [-0.2, 0) is 4.79 Å². The summed E-state index contributed by atoms with van der Waals surface area (Å²) < 4.78 is 7.42. The Morgan fingerprint density at radius 1 is 1.17 bits per heavy atom. The average Bonchev–Trinajstić information content (AvgIpc) is 3.43. The third-order valence-electron chi connectivity index (χ3n) is 6.07. The number of anilines is 1. The Balaban J connectivity index is 1.41. The van der Waals surface area contributed by atoms with E-state index in [2.05, 4.69) is 56.9 Å². The predicted molar refractivity (Wildman–Crippen MR) is 121 cm³/mol. The maximum Gasteiger partial charge on any atom is 0.220 e. The zero-order valence-corrected chi connectivity index (χ0v) is 17.9. The van der Waals surface area contributed by atoms with Gasteiger partial charge in [0.25, 0.3) is 0 Å². The number of ether oxygens (including phenoxy) is 1. The molecule has 2 fully saturated rings. The lowest BCUT2D eigenvalue weighted by molar-refractivity contribution is -0.119. The van der Waals surface area contributed by atoms with Crippen molar-refractivity contribution >= 4 is 33.1 Å². The molecule has 6 nitrogen and oxygen atoms in total. The molecule has 1 amide bonds. The largest absolute Gasteiger partial charge is 0.489 e. The van der Waals surface area contributed by atoms with Crippen molar-refractivity contribution in [3.05, 3.63) is 41.9 Å². The minimum absolute atomic E-state index is 0.0420. The molecule has 2 saturated heterocycles. The topological polar surface area (TPSA) is 66.5 Å². The summed E-state index contributed by atoms with van der Waals surface area (Å²) in [5.74, 6) is 1.15. The van der Waals surface area contributed by atoms with Crippen molar-refractivity contribution in [1.82, 2.24) is 15.6 Å². The van der Waals surface area contributed by atoms with Gasteiger partial charge in [-0.3, -0.25) is 4.79 Å². The van der Waals surface area contributed by atoms with Crippen molar-refractivity contribution in [3.63, 3.8) is 0 Å². The van der Waals surface area contributed by atoms with Gasteiger partial charge in [-0.25, -0.2) is 4.98 Å². The van der Waals surface area contributed by atoms with Gasteiger partial charge in [-0.2, -0.15) is 0 Å². The molecule has 2 aliphatic heterocycles. The second kappa shape index (κ2) is 8.24. The van der Waals surface area contributed by atoms with Crippen LogP contribution in [0.15, 0.2) is 41.9 Å². The summed E-state index contributed by atoms with van der Waals surface area (Å²) in [5.41, 5.74) is 6.33. The van der Waals surface area contributed by atoms with Crippen LogP contribution in [-0.4, -0.2) is 49.7 Å². The van der Waals surface area contributed by atoms with E-state index in [-0.39, 0.29) is 17.9 Å². The molecule has 0 spiro atoms. The van der Waals surface area contributed by atoms with Gasteiger partial charge in [0.1, 0.15) is 11.9 Å². The quantitative estimate of drug-likeness (QED) is 0.661. The summed E-state index contributed by atoms with van der Waals surface area (Å²) in [6.07, 6.45) is 0.486. The molecule has 2 atom stereocenters. The molecule has 0 bridgehead atoms. The Morgan fingerprint density at radius 2 is 1.97 bits per heavy atom. The summed E-state index contributed by atoms with van der Waals surface area (Å²) >= 11 is 1.59. The maximum absolute atomic E-state index is 11.6. The zero-order valence-electron chi connectivity index (χ0n) is 17.1. The molecule has 1 aromatic heterocycles. The van der Waals surface area contributed by atoms with E-state index < -0.39 is 0 Å². The molecule has 2 N–H and O–H groups in total. The van der Waals surface area contributed by atoms with Crippen LogP contribution in [0.25, 0.3) is 21.3 Å². The highest BCUT2D eigenvalue weighted by Gasteiger charge is 2.28. The Bertz CT molecular complexity index is 1040. The van der Waals surface area contributed by atoms with E-state index in [0.29, 0.717) is 13.0 Å². The summed E-state index contributed by atoms with van der Waals surface area (Å²) in [6.45, 7) is 6.87. The molecule has 30 heavy (non-hydrogen) atoms. The molecule has 5 rings (SSSR count). The van der Waals surface area contributed by atoms with Crippen molar-refractivity contribution in [3.8, 4) is 16.9 Å². The molecule has 3 aromatic rings. The smallest absolute Gasteiger partial charge is 0.220 e. The van der Waals surface area contributed by atoms with E-state index >= 15 is 0 Å². The lowest BCUT2D eigenvalue weighted by atomic mass is 10.0. The average molecular weight is 423 g/mol. The highest BCUT2D eigenvalue weighted by molar-refractivity contribution is 7.17. The monoisotopic (exact) mass is 422 g/mol. The Kier molecular flexibility index (Phi) is 5.31. The van der Waals surface area contributed by atoms with Crippen LogP contribution < -0.4 is 20.3 Å². The summed E-state index contributed by atoms with van der Waals surface area (Å²) in [6, 6.07) is 13.0. The first-order valence-corrected chi connectivity index (χ1v) is 11.4. The number of benzene rings is 2. The normalized spacial score (nSPS) is 20.4. The van der Waals surface area contributed by atoms with Gasteiger partial charge in [0.2, 0.25) is 5.91 Å². The van der Waals surface area contributed by atoms with Crippen LogP contribution in [0.3, 0.4) is 0 Å². The molecule has 0 aliphatic carbocycles. The first-order valence-electron chi connectivity index (χ1n) is 10.5. The van der Waals surface area contributed by atoms with Gasteiger partial charge in [0.05, 0.1) is 15.7 Å². The number of nitrogens with zero attached hydrogens (tertiary/aromatic N) is 2. The molecule has 3 heterocycles. The van der Waals surface area contributed by atoms with Gasteiger partial charge < -0.3 is 20.3 Å².